The summed E-state index contributed by atoms with van der Waals surface area (Å²) in [6, 6.07) is 0. The number of hydrogen-bond donors (Lipinski definition) is 2. The molecular weight excluding hydrogens is 220 g/mol. The molecule has 0 fully saturated rings. The Kier molecular flexibility index (Phi) is 6.16. The first-order chi connectivity index (χ1) is 7.78. The predicted octanol–water partition coefficient (Wildman–Crippen LogP) is 0.944. The number of carbonyl (C=O) groups excluding carboxylic acids is 1. The summed E-state index contributed by atoms with van der Waals surface area (Å²) in [6.07, 6.45) is 0. The van der Waals surface area contributed by atoms with Crippen molar-refractivity contribution in [3.05, 3.63) is 0 Å². The maximum atomic E-state index is 12.2. The number of carboxylic acid groups (broad SMARTS) is 1. The smallest absolute Gasteiger partial charge is 0.329 e. The largest absolute Gasteiger partial charge is 0.480 e. The summed E-state index contributed by atoms with van der Waals surface area (Å²) in [7, 11) is 0. The quantitative estimate of drug-likeness (QED) is 0.699. The molecule has 5 nitrogen and oxygen atoms in total. The summed E-state index contributed by atoms with van der Waals surface area (Å²) in [5.74, 6) is -1.32. The third kappa shape index (κ3) is 4.00. The molecule has 0 heterocycles. The fourth-order valence-electron chi connectivity index (χ4n) is 1.66. The minimum Gasteiger partial charge on any atom is -0.480 e. The van der Waals surface area contributed by atoms with Gasteiger partial charge in [0.15, 0.2) is 0 Å². The van der Waals surface area contributed by atoms with E-state index in [-0.39, 0.29) is 11.8 Å². The maximum absolute atomic E-state index is 12.2. The van der Waals surface area contributed by atoms with Crippen LogP contribution in [0.4, 0.5) is 0 Å². The van der Waals surface area contributed by atoms with Gasteiger partial charge >= 0.3 is 5.97 Å². The Labute approximate surface area is 103 Å². The number of carboxylic acids is 1. The van der Waals surface area contributed by atoms with Gasteiger partial charge in [-0.25, -0.2) is 4.79 Å². The lowest BCUT2D eigenvalue weighted by Gasteiger charge is -2.36. The van der Waals surface area contributed by atoms with Crippen molar-refractivity contribution >= 4 is 11.9 Å². The molecule has 0 aliphatic rings. The van der Waals surface area contributed by atoms with Crippen molar-refractivity contribution in [2.24, 2.45) is 5.92 Å². The number of aliphatic carboxylic acids is 1. The SMILES string of the molecule is CCNCC(C)C(=O)N(CC)C(C)(C)C(=O)O. The van der Waals surface area contributed by atoms with Crippen LogP contribution in [0.3, 0.4) is 0 Å². The van der Waals surface area contributed by atoms with Crippen LogP contribution < -0.4 is 5.32 Å². The van der Waals surface area contributed by atoms with E-state index in [2.05, 4.69) is 5.32 Å². The molecule has 0 aromatic heterocycles. The van der Waals surface area contributed by atoms with Crippen molar-refractivity contribution < 1.29 is 14.7 Å². The molecule has 17 heavy (non-hydrogen) atoms. The normalized spacial score (nSPS) is 13.2. The van der Waals surface area contributed by atoms with Gasteiger partial charge in [0, 0.05) is 19.0 Å². The zero-order chi connectivity index (χ0) is 13.6. The molecule has 1 unspecified atom stereocenters. The Morgan fingerprint density at radius 1 is 1.35 bits per heavy atom. The fourth-order valence-corrected chi connectivity index (χ4v) is 1.66. The number of nitrogens with zero attached hydrogens (tertiary/aromatic N) is 1. The van der Waals surface area contributed by atoms with Gasteiger partial charge in [0.2, 0.25) is 5.91 Å². The van der Waals surface area contributed by atoms with Crippen LogP contribution in [0, 0.1) is 5.92 Å². The summed E-state index contributed by atoms with van der Waals surface area (Å²) in [6.45, 7) is 10.4. The molecule has 2 N–H and O–H groups in total. The number of hydrogen-bond acceptors (Lipinski definition) is 3. The van der Waals surface area contributed by atoms with Crippen molar-refractivity contribution in [2.45, 2.75) is 40.2 Å². The number of amides is 1. The van der Waals surface area contributed by atoms with Gasteiger partial charge < -0.3 is 15.3 Å². The monoisotopic (exact) mass is 244 g/mol. The second kappa shape index (κ2) is 6.59. The molecule has 0 radical (unpaired) electrons. The molecule has 5 heteroatoms. The highest BCUT2D eigenvalue weighted by Gasteiger charge is 2.38. The first kappa shape index (κ1) is 15.9. The lowest BCUT2D eigenvalue weighted by molar-refractivity contribution is -0.158. The van der Waals surface area contributed by atoms with Gasteiger partial charge in [-0.3, -0.25) is 4.79 Å². The molecular formula is C12H24N2O3. The molecule has 0 aromatic rings. The van der Waals surface area contributed by atoms with Gasteiger partial charge in [-0.05, 0) is 27.3 Å². The van der Waals surface area contributed by atoms with Crippen molar-refractivity contribution in [3.8, 4) is 0 Å². The van der Waals surface area contributed by atoms with Crippen LogP contribution in [0.25, 0.3) is 0 Å². The molecule has 0 aromatic carbocycles. The topological polar surface area (TPSA) is 69.6 Å². The minimum atomic E-state index is -1.16. The van der Waals surface area contributed by atoms with Gasteiger partial charge in [0.25, 0.3) is 0 Å². The third-order valence-electron chi connectivity index (χ3n) is 2.90. The van der Waals surface area contributed by atoms with Crippen molar-refractivity contribution in [2.75, 3.05) is 19.6 Å². The van der Waals surface area contributed by atoms with E-state index in [1.54, 1.807) is 20.8 Å². The number of likely N-dealkylation sites (N-methyl/N-ethyl adjacent to an activating group) is 1. The highest BCUT2D eigenvalue weighted by atomic mass is 16.4. The van der Waals surface area contributed by atoms with Crippen LogP contribution in [0.2, 0.25) is 0 Å². The Morgan fingerprint density at radius 3 is 2.24 bits per heavy atom. The standard InChI is InChI=1S/C12H24N2O3/c1-6-13-8-9(3)10(15)14(7-2)12(4,5)11(16)17/h9,13H,6-8H2,1-5H3,(H,16,17). The van der Waals surface area contributed by atoms with Gasteiger partial charge in [-0.1, -0.05) is 13.8 Å². The van der Waals surface area contributed by atoms with Crippen LogP contribution >= 0.6 is 0 Å². The van der Waals surface area contributed by atoms with E-state index in [0.717, 1.165) is 6.54 Å². The van der Waals surface area contributed by atoms with Crippen LogP contribution in [-0.2, 0) is 9.59 Å². The van der Waals surface area contributed by atoms with Gasteiger partial charge in [-0.2, -0.15) is 0 Å². The lowest BCUT2D eigenvalue weighted by atomic mass is 10.00. The van der Waals surface area contributed by atoms with E-state index in [4.69, 9.17) is 5.11 Å². The summed E-state index contributed by atoms with van der Waals surface area (Å²) in [5.41, 5.74) is -1.16. The highest BCUT2D eigenvalue weighted by molar-refractivity contribution is 5.87. The first-order valence-corrected chi connectivity index (χ1v) is 6.04. The van der Waals surface area contributed by atoms with Crippen LogP contribution in [0.15, 0.2) is 0 Å². The van der Waals surface area contributed by atoms with E-state index >= 15 is 0 Å². The number of carbonyl (C=O) groups is 2. The van der Waals surface area contributed by atoms with Crippen molar-refractivity contribution in [3.63, 3.8) is 0 Å². The Hall–Kier alpha value is -1.10. The first-order valence-electron chi connectivity index (χ1n) is 6.04. The molecule has 0 saturated heterocycles. The fraction of sp³-hybridized carbons (Fsp3) is 0.833. The summed E-state index contributed by atoms with van der Waals surface area (Å²) in [5, 5.41) is 12.2. The Morgan fingerprint density at radius 2 is 1.88 bits per heavy atom. The zero-order valence-electron chi connectivity index (χ0n) is 11.4. The average Bonchev–Trinajstić information content (AvgIpc) is 2.25. The molecule has 0 bridgehead atoms. The summed E-state index contributed by atoms with van der Waals surface area (Å²) in [4.78, 5) is 24.7. The molecule has 100 valence electrons. The molecule has 0 saturated carbocycles. The highest BCUT2D eigenvalue weighted by Crippen LogP contribution is 2.17. The van der Waals surface area contributed by atoms with Crippen molar-refractivity contribution in [1.82, 2.24) is 10.2 Å². The van der Waals surface area contributed by atoms with Crippen LogP contribution in [-0.4, -0.2) is 47.1 Å². The molecule has 0 rings (SSSR count). The van der Waals surface area contributed by atoms with E-state index in [0.29, 0.717) is 13.1 Å². The van der Waals surface area contributed by atoms with Gasteiger partial charge in [0.05, 0.1) is 0 Å². The third-order valence-corrected chi connectivity index (χ3v) is 2.90. The van der Waals surface area contributed by atoms with E-state index in [1.165, 1.54) is 4.90 Å². The Balaban J connectivity index is 4.77. The summed E-state index contributed by atoms with van der Waals surface area (Å²) >= 11 is 0. The summed E-state index contributed by atoms with van der Waals surface area (Å²) < 4.78 is 0. The maximum Gasteiger partial charge on any atom is 0.329 e. The second-order valence-corrected chi connectivity index (χ2v) is 4.66. The van der Waals surface area contributed by atoms with Crippen LogP contribution in [0.5, 0.6) is 0 Å². The van der Waals surface area contributed by atoms with Gasteiger partial charge in [-0.15, -0.1) is 0 Å². The number of nitrogens with one attached hydrogen (secondary N) is 1. The zero-order valence-corrected chi connectivity index (χ0v) is 11.4. The predicted molar refractivity (Wildman–Crippen MR) is 66.8 cm³/mol. The van der Waals surface area contributed by atoms with Gasteiger partial charge in [0.1, 0.15) is 5.54 Å². The molecule has 0 aliphatic carbocycles. The lowest BCUT2D eigenvalue weighted by Crippen LogP contribution is -2.55. The van der Waals surface area contributed by atoms with Crippen molar-refractivity contribution in [1.29, 1.82) is 0 Å². The van der Waals surface area contributed by atoms with E-state index < -0.39 is 11.5 Å². The molecule has 0 spiro atoms. The Bertz CT molecular complexity index is 277. The minimum absolute atomic E-state index is 0.124. The second-order valence-electron chi connectivity index (χ2n) is 4.66. The number of rotatable bonds is 7. The molecule has 1 amide bonds. The van der Waals surface area contributed by atoms with E-state index in [1.807, 2.05) is 13.8 Å². The van der Waals surface area contributed by atoms with E-state index in [9.17, 15) is 9.59 Å². The van der Waals surface area contributed by atoms with Crippen LogP contribution in [0.1, 0.15) is 34.6 Å². The molecule has 0 aliphatic heterocycles. The average molecular weight is 244 g/mol. The molecule has 1 atom stereocenters.